The molecule has 0 aromatic heterocycles. The van der Waals surface area contributed by atoms with Gasteiger partial charge in [0.05, 0.1) is 0 Å². The number of rotatable bonds is 0. The van der Waals surface area contributed by atoms with Crippen LogP contribution >= 0.6 is 0 Å². The maximum absolute atomic E-state index is 2.57. The summed E-state index contributed by atoms with van der Waals surface area (Å²) in [6.45, 7) is 14.6. The topological polar surface area (TPSA) is 0 Å². The molecule has 3 aliphatic rings. The second-order valence-corrected chi connectivity index (χ2v) is 14.9. The fourth-order valence-electron chi connectivity index (χ4n) is 9.76. The summed E-state index contributed by atoms with van der Waals surface area (Å²) in [6, 6.07) is 37.6. The first-order valence-electron chi connectivity index (χ1n) is 15.8. The van der Waals surface area contributed by atoms with Gasteiger partial charge < -0.3 is 0 Å². The van der Waals surface area contributed by atoms with E-state index in [0.29, 0.717) is 0 Å². The summed E-state index contributed by atoms with van der Waals surface area (Å²) in [5, 5.41) is 8.56. The Balaban J connectivity index is 1.52. The normalized spacial score (nSPS) is 17.6. The molecule has 0 spiro atoms. The fourth-order valence-corrected chi connectivity index (χ4v) is 9.76. The molecule has 0 atom stereocenters. The second kappa shape index (κ2) is 7.20. The van der Waals surface area contributed by atoms with Gasteiger partial charge in [-0.05, 0) is 111 Å². The number of hydrogen-bond donors (Lipinski definition) is 0. The van der Waals surface area contributed by atoms with Gasteiger partial charge in [-0.1, -0.05) is 126 Å². The molecular formula is C43H34. The Labute approximate surface area is 253 Å². The molecule has 0 nitrogen and oxygen atoms in total. The van der Waals surface area contributed by atoms with Crippen LogP contribution in [0.25, 0.3) is 65.7 Å². The van der Waals surface area contributed by atoms with Crippen LogP contribution in [0.1, 0.15) is 74.9 Å². The van der Waals surface area contributed by atoms with Crippen molar-refractivity contribution in [2.75, 3.05) is 0 Å². The predicted octanol–water partition coefficient (Wildman–Crippen LogP) is 11.5. The van der Waals surface area contributed by atoms with Crippen molar-refractivity contribution in [1.29, 1.82) is 0 Å². The monoisotopic (exact) mass is 550 g/mol. The highest BCUT2D eigenvalue weighted by Gasteiger charge is 2.45. The van der Waals surface area contributed by atoms with Crippen molar-refractivity contribution in [3.05, 3.63) is 130 Å². The molecule has 0 fully saturated rings. The Morgan fingerprint density at radius 2 is 0.837 bits per heavy atom. The predicted molar refractivity (Wildman–Crippen MR) is 183 cm³/mol. The maximum atomic E-state index is 2.57. The van der Waals surface area contributed by atoms with Crippen LogP contribution in [0.4, 0.5) is 0 Å². The van der Waals surface area contributed by atoms with Crippen LogP contribution in [-0.2, 0) is 16.2 Å². The minimum atomic E-state index is -0.113. The van der Waals surface area contributed by atoms with Gasteiger partial charge in [0, 0.05) is 16.2 Å². The van der Waals surface area contributed by atoms with E-state index in [4.69, 9.17) is 0 Å². The summed E-state index contributed by atoms with van der Waals surface area (Å²) in [4.78, 5) is 0. The Hall–Kier alpha value is -4.42. The molecular weight excluding hydrogens is 516 g/mol. The first kappa shape index (κ1) is 24.1. The van der Waals surface area contributed by atoms with E-state index in [0.717, 1.165) is 0 Å². The van der Waals surface area contributed by atoms with Crippen molar-refractivity contribution in [3.63, 3.8) is 0 Å². The van der Waals surface area contributed by atoms with Crippen molar-refractivity contribution in [2.45, 2.75) is 57.8 Å². The summed E-state index contributed by atoms with van der Waals surface area (Å²) in [5.74, 6) is 0. The van der Waals surface area contributed by atoms with Gasteiger partial charge in [0.1, 0.15) is 0 Å². The standard InChI is InChI=1S/C43H34/c1-41(2)29-16-10-7-13-24(29)35-27-19-20-28-36-25-14-8-12-18-31(25)43(5,6)40(36)38-26-15-9-11-17-30(26)42(3,4)33-22-23(21-32(35)41)34(27)37(28)39(33)38/h7-22H,1-6H3. The molecule has 3 aliphatic carbocycles. The van der Waals surface area contributed by atoms with Gasteiger partial charge in [0.2, 0.25) is 0 Å². The molecule has 0 radical (unpaired) electrons. The van der Waals surface area contributed by atoms with Crippen LogP contribution < -0.4 is 0 Å². The van der Waals surface area contributed by atoms with E-state index in [1.165, 1.54) is 99.1 Å². The van der Waals surface area contributed by atoms with Crippen molar-refractivity contribution in [1.82, 2.24) is 0 Å². The molecule has 7 aromatic rings. The molecule has 0 amide bonds. The molecule has 0 saturated carbocycles. The molecule has 0 heteroatoms. The molecule has 7 aromatic carbocycles. The third-order valence-electron chi connectivity index (χ3n) is 11.8. The van der Waals surface area contributed by atoms with Crippen LogP contribution in [0.15, 0.2) is 97.1 Å². The van der Waals surface area contributed by atoms with Crippen LogP contribution in [0.3, 0.4) is 0 Å². The number of fused-ring (bicyclic) bond motifs is 11. The summed E-state index contributed by atoms with van der Waals surface area (Å²) >= 11 is 0. The van der Waals surface area contributed by atoms with Crippen molar-refractivity contribution < 1.29 is 0 Å². The second-order valence-electron chi connectivity index (χ2n) is 14.9. The molecule has 0 heterocycles. The molecule has 0 saturated heterocycles. The van der Waals surface area contributed by atoms with Crippen LogP contribution in [-0.4, -0.2) is 0 Å². The van der Waals surface area contributed by atoms with Gasteiger partial charge in [-0.15, -0.1) is 0 Å². The molecule has 206 valence electrons. The lowest BCUT2D eigenvalue weighted by Gasteiger charge is -2.39. The zero-order valence-corrected chi connectivity index (χ0v) is 25.7. The third kappa shape index (κ3) is 2.51. The Kier molecular flexibility index (Phi) is 4.03. The Morgan fingerprint density at radius 3 is 1.47 bits per heavy atom. The lowest BCUT2D eigenvalue weighted by atomic mass is 9.64. The van der Waals surface area contributed by atoms with E-state index in [2.05, 4.69) is 139 Å². The van der Waals surface area contributed by atoms with E-state index in [-0.39, 0.29) is 16.2 Å². The van der Waals surface area contributed by atoms with Crippen LogP contribution in [0.5, 0.6) is 0 Å². The fraction of sp³-hybridized carbons (Fsp3) is 0.209. The summed E-state index contributed by atoms with van der Waals surface area (Å²) < 4.78 is 0. The number of benzene rings is 7. The maximum Gasteiger partial charge on any atom is 0.0165 e. The smallest absolute Gasteiger partial charge is 0.0165 e. The van der Waals surface area contributed by atoms with Gasteiger partial charge in [-0.2, -0.15) is 0 Å². The molecule has 0 bridgehead atoms. The quantitative estimate of drug-likeness (QED) is 0.165. The van der Waals surface area contributed by atoms with Crippen molar-refractivity contribution in [3.8, 4) is 33.4 Å². The van der Waals surface area contributed by atoms with Crippen molar-refractivity contribution in [2.24, 2.45) is 0 Å². The van der Waals surface area contributed by atoms with E-state index >= 15 is 0 Å². The van der Waals surface area contributed by atoms with E-state index in [1.54, 1.807) is 0 Å². The average Bonchev–Trinajstić information content (AvgIpc) is 3.39. The highest BCUT2D eigenvalue weighted by atomic mass is 14.5. The molecule has 0 N–H and O–H groups in total. The zero-order valence-electron chi connectivity index (χ0n) is 25.7. The van der Waals surface area contributed by atoms with Crippen molar-refractivity contribution >= 4 is 32.3 Å². The van der Waals surface area contributed by atoms with E-state index in [1.807, 2.05) is 0 Å². The van der Waals surface area contributed by atoms with Gasteiger partial charge in [0.15, 0.2) is 0 Å². The largest absolute Gasteiger partial charge is 0.0619 e. The molecule has 0 unspecified atom stereocenters. The van der Waals surface area contributed by atoms with E-state index < -0.39 is 0 Å². The highest BCUT2D eigenvalue weighted by molar-refractivity contribution is 6.33. The SMILES string of the molecule is CC1(C)c2ccccc2-c2c1cc1cc3c4c(c5c(c6ccc2c1c64)-c1ccccc1C5(C)C)-c1ccccc1C3(C)C. The summed E-state index contributed by atoms with van der Waals surface area (Å²) in [7, 11) is 0. The van der Waals surface area contributed by atoms with Crippen LogP contribution in [0, 0.1) is 0 Å². The summed E-state index contributed by atoms with van der Waals surface area (Å²) in [5.41, 5.74) is 17.0. The molecule has 43 heavy (non-hydrogen) atoms. The minimum absolute atomic E-state index is 0.0366. The van der Waals surface area contributed by atoms with Gasteiger partial charge in [-0.3, -0.25) is 0 Å². The van der Waals surface area contributed by atoms with Gasteiger partial charge in [0.25, 0.3) is 0 Å². The Morgan fingerprint density at radius 1 is 0.372 bits per heavy atom. The minimum Gasteiger partial charge on any atom is -0.0619 e. The van der Waals surface area contributed by atoms with Crippen LogP contribution in [0.2, 0.25) is 0 Å². The lowest BCUT2D eigenvalue weighted by Crippen LogP contribution is -2.26. The van der Waals surface area contributed by atoms with Gasteiger partial charge >= 0.3 is 0 Å². The lowest BCUT2D eigenvalue weighted by molar-refractivity contribution is 0.639. The first-order chi connectivity index (χ1) is 20.6. The Bertz CT molecular complexity index is 2410. The molecule has 0 aliphatic heterocycles. The third-order valence-corrected chi connectivity index (χ3v) is 11.8. The number of hydrogen-bond acceptors (Lipinski definition) is 0. The van der Waals surface area contributed by atoms with E-state index in [9.17, 15) is 0 Å². The highest BCUT2D eigenvalue weighted by Crippen LogP contribution is 2.63. The first-order valence-corrected chi connectivity index (χ1v) is 15.8. The molecule has 10 rings (SSSR count). The van der Waals surface area contributed by atoms with Gasteiger partial charge in [-0.25, -0.2) is 0 Å². The average molecular weight is 551 g/mol. The zero-order chi connectivity index (χ0) is 29.2. The summed E-state index contributed by atoms with van der Waals surface area (Å²) in [6.07, 6.45) is 0.